The van der Waals surface area contributed by atoms with E-state index < -0.39 is 29.3 Å². The predicted molar refractivity (Wildman–Crippen MR) is 93.8 cm³/mol. The summed E-state index contributed by atoms with van der Waals surface area (Å²) in [5, 5.41) is 9.07. The molecule has 2 aromatic carbocycles. The van der Waals surface area contributed by atoms with Gasteiger partial charge in [-0.25, -0.2) is 9.07 Å². The van der Waals surface area contributed by atoms with E-state index in [2.05, 4.69) is 15.6 Å². The van der Waals surface area contributed by atoms with Crippen molar-refractivity contribution in [1.29, 1.82) is 0 Å². The molecular formula is C18H14F4N4O3. The molecule has 11 heteroatoms. The van der Waals surface area contributed by atoms with Crippen LogP contribution in [-0.4, -0.2) is 35.1 Å². The number of nitrogens with one attached hydrogen (secondary N) is 1. The second-order valence-electron chi connectivity index (χ2n) is 5.73. The van der Waals surface area contributed by atoms with Gasteiger partial charge < -0.3 is 14.8 Å². The lowest BCUT2D eigenvalue weighted by Crippen LogP contribution is -2.21. The van der Waals surface area contributed by atoms with Crippen LogP contribution in [0, 0.1) is 5.82 Å². The Morgan fingerprint density at radius 1 is 1.07 bits per heavy atom. The maximum absolute atomic E-state index is 13.7. The standard InChI is InChI=1S/C18H14F4N4O3/c1-28-13-7-11(8-14(9-13)29-2)23-17(27)15-16(18(20,21)22)26(25-24-15)12-5-3-4-10(19)6-12/h3-9H,1-2H3,(H,23,27). The van der Waals surface area contributed by atoms with E-state index in [4.69, 9.17) is 9.47 Å². The van der Waals surface area contributed by atoms with Gasteiger partial charge in [0.05, 0.1) is 19.9 Å². The lowest BCUT2D eigenvalue weighted by molar-refractivity contribution is -0.143. The zero-order chi connectivity index (χ0) is 21.2. The number of carbonyl (C=O) groups is 1. The first-order valence-corrected chi connectivity index (χ1v) is 8.06. The number of rotatable bonds is 5. The van der Waals surface area contributed by atoms with Crippen molar-refractivity contribution in [3.05, 3.63) is 59.7 Å². The van der Waals surface area contributed by atoms with Crippen molar-refractivity contribution in [2.45, 2.75) is 6.18 Å². The van der Waals surface area contributed by atoms with E-state index in [0.717, 1.165) is 12.1 Å². The van der Waals surface area contributed by atoms with Crippen LogP contribution < -0.4 is 14.8 Å². The molecule has 29 heavy (non-hydrogen) atoms. The molecule has 0 unspecified atom stereocenters. The number of alkyl halides is 3. The Bertz CT molecular complexity index is 1030. The Kier molecular flexibility index (Phi) is 5.39. The fraction of sp³-hybridized carbons (Fsp3) is 0.167. The highest BCUT2D eigenvalue weighted by Crippen LogP contribution is 2.33. The summed E-state index contributed by atoms with van der Waals surface area (Å²) in [6.07, 6.45) is -4.98. The largest absolute Gasteiger partial charge is 0.497 e. The fourth-order valence-corrected chi connectivity index (χ4v) is 2.55. The van der Waals surface area contributed by atoms with Gasteiger partial charge in [0.15, 0.2) is 11.4 Å². The molecule has 1 heterocycles. The molecule has 0 atom stereocenters. The Labute approximate surface area is 161 Å². The van der Waals surface area contributed by atoms with Gasteiger partial charge in [-0.2, -0.15) is 13.2 Å². The van der Waals surface area contributed by atoms with E-state index in [9.17, 15) is 22.4 Å². The average Bonchev–Trinajstić information content (AvgIpc) is 3.13. The van der Waals surface area contributed by atoms with Crippen LogP contribution in [0.1, 0.15) is 16.2 Å². The Morgan fingerprint density at radius 2 is 1.72 bits per heavy atom. The summed E-state index contributed by atoms with van der Waals surface area (Å²) < 4.78 is 64.9. The lowest BCUT2D eigenvalue weighted by Gasteiger charge is -2.12. The van der Waals surface area contributed by atoms with Crippen LogP contribution >= 0.6 is 0 Å². The highest BCUT2D eigenvalue weighted by Gasteiger charge is 2.42. The van der Waals surface area contributed by atoms with Crippen LogP contribution in [-0.2, 0) is 6.18 Å². The molecule has 1 amide bonds. The van der Waals surface area contributed by atoms with Crippen molar-refractivity contribution >= 4 is 11.6 Å². The van der Waals surface area contributed by atoms with Crippen molar-refractivity contribution in [3.8, 4) is 17.2 Å². The van der Waals surface area contributed by atoms with Crippen LogP contribution in [0.4, 0.5) is 23.2 Å². The first-order valence-electron chi connectivity index (χ1n) is 8.06. The molecule has 152 valence electrons. The van der Waals surface area contributed by atoms with Gasteiger partial charge in [-0.05, 0) is 18.2 Å². The second-order valence-corrected chi connectivity index (χ2v) is 5.73. The fourth-order valence-electron chi connectivity index (χ4n) is 2.55. The van der Waals surface area contributed by atoms with Gasteiger partial charge in [-0.15, -0.1) is 5.10 Å². The zero-order valence-corrected chi connectivity index (χ0v) is 15.1. The number of hydrogen-bond acceptors (Lipinski definition) is 5. The summed E-state index contributed by atoms with van der Waals surface area (Å²) in [5.41, 5.74) is -2.51. The molecule has 0 saturated heterocycles. The molecule has 3 rings (SSSR count). The summed E-state index contributed by atoms with van der Waals surface area (Å²) in [7, 11) is 2.76. The van der Waals surface area contributed by atoms with Crippen LogP contribution in [0.3, 0.4) is 0 Å². The summed E-state index contributed by atoms with van der Waals surface area (Å²) in [4.78, 5) is 12.5. The molecule has 0 aliphatic heterocycles. The highest BCUT2D eigenvalue weighted by molar-refractivity contribution is 6.04. The summed E-state index contributed by atoms with van der Waals surface area (Å²) in [6, 6.07) is 8.65. The third-order valence-corrected chi connectivity index (χ3v) is 3.82. The molecule has 1 aromatic heterocycles. The third-order valence-electron chi connectivity index (χ3n) is 3.82. The zero-order valence-electron chi connectivity index (χ0n) is 15.1. The Hall–Kier alpha value is -3.63. The van der Waals surface area contributed by atoms with Crippen molar-refractivity contribution in [2.24, 2.45) is 0 Å². The van der Waals surface area contributed by atoms with E-state index in [1.54, 1.807) is 0 Å². The molecule has 0 saturated carbocycles. The number of hydrogen-bond donors (Lipinski definition) is 1. The molecule has 0 aliphatic rings. The van der Waals surface area contributed by atoms with Gasteiger partial charge in [-0.1, -0.05) is 11.3 Å². The minimum atomic E-state index is -4.98. The summed E-state index contributed by atoms with van der Waals surface area (Å²) in [6.45, 7) is 0. The first-order chi connectivity index (χ1) is 13.7. The number of benzene rings is 2. The SMILES string of the molecule is COc1cc(NC(=O)c2nnn(-c3cccc(F)c3)c2C(F)(F)F)cc(OC)c1. The van der Waals surface area contributed by atoms with Crippen LogP contribution in [0.15, 0.2) is 42.5 Å². The smallest absolute Gasteiger partial charge is 0.435 e. The van der Waals surface area contributed by atoms with Crippen LogP contribution in [0.2, 0.25) is 0 Å². The molecule has 0 aliphatic carbocycles. The predicted octanol–water partition coefficient (Wildman–Crippen LogP) is 3.69. The number of halogens is 4. The van der Waals surface area contributed by atoms with E-state index in [1.165, 1.54) is 44.6 Å². The maximum atomic E-state index is 13.7. The third kappa shape index (κ3) is 4.28. The Morgan fingerprint density at radius 3 is 2.28 bits per heavy atom. The molecule has 3 aromatic rings. The van der Waals surface area contributed by atoms with Gasteiger partial charge in [0.1, 0.15) is 17.3 Å². The molecule has 7 nitrogen and oxygen atoms in total. The number of methoxy groups -OCH3 is 2. The van der Waals surface area contributed by atoms with Crippen molar-refractivity contribution in [3.63, 3.8) is 0 Å². The molecule has 0 spiro atoms. The maximum Gasteiger partial charge on any atom is 0.435 e. The number of nitrogens with zero attached hydrogens (tertiary/aromatic N) is 3. The van der Waals surface area contributed by atoms with Crippen LogP contribution in [0.25, 0.3) is 5.69 Å². The molecule has 0 fully saturated rings. The highest BCUT2D eigenvalue weighted by atomic mass is 19.4. The molecule has 1 N–H and O–H groups in total. The molecule has 0 radical (unpaired) electrons. The van der Waals surface area contributed by atoms with E-state index >= 15 is 0 Å². The molecule has 0 bridgehead atoms. The quantitative estimate of drug-likeness (QED) is 0.649. The number of carbonyl (C=O) groups excluding carboxylic acids is 1. The van der Waals surface area contributed by atoms with Crippen LogP contribution in [0.5, 0.6) is 11.5 Å². The summed E-state index contributed by atoms with van der Waals surface area (Å²) in [5.74, 6) is -1.28. The second kappa shape index (κ2) is 7.78. The van der Waals surface area contributed by atoms with E-state index in [0.29, 0.717) is 16.2 Å². The van der Waals surface area contributed by atoms with Gasteiger partial charge in [0.2, 0.25) is 0 Å². The van der Waals surface area contributed by atoms with Gasteiger partial charge in [0.25, 0.3) is 5.91 Å². The average molecular weight is 410 g/mol. The summed E-state index contributed by atoms with van der Waals surface area (Å²) >= 11 is 0. The topological polar surface area (TPSA) is 78.3 Å². The van der Waals surface area contributed by atoms with Crippen molar-refractivity contribution in [1.82, 2.24) is 15.0 Å². The number of amides is 1. The normalized spacial score (nSPS) is 11.2. The van der Waals surface area contributed by atoms with Gasteiger partial charge >= 0.3 is 6.18 Å². The number of ether oxygens (including phenoxy) is 2. The number of aromatic nitrogens is 3. The molecular weight excluding hydrogens is 396 g/mol. The first kappa shape index (κ1) is 20.1. The van der Waals surface area contributed by atoms with E-state index in [1.807, 2.05) is 0 Å². The Balaban J connectivity index is 2.02. The number of anilines is 1. The van der Waals surface area contributed by atoms with E-state index in [-0.39, 0.29) is 11.4 Å². The van der Waals surface area contributed by atoms with Gasteiger partial charge in [-0.3, -0.25) is 4.79 Å². The minimum Gasteiger partial charge on any atom is -0.497 e. The van der Waals surface area contributed by atoms with Crippen molar-refractivity contribution < 1.29 is 31.8 Å². The monoisotopic (exact) mass is 410 g/mol. The minimum absolute atomic E-state index is 0.125. The lowest BCUT2D eigenvalue weighted by atomic mass is 10.2. The van der Waals surface area contributed by atoms with Gasteiger partial charge in [0, 0.05) is 23.9 Å². The van der Waals surface area contributed by atoms with Crippen molar-refractivity contribution in [2.75, 3.05) is 19.5 Å².